The molecule has 0 unspecified atom stereocenters. The number of nitrogens with zero attached hydrogens (tertiary/aromatic N) is 2. The van der Waals surface area contributed by atoms with Gasteiger partial charge in [0.25, 0.3) is 0 Å². The van der Waals surface area contributed by atoms with Gasteiger partial charge in [0.05, 0.1) is 17.0 Å². The van der Waals surface area contributed by atoms with Crippen molar-refractivity contribution in [3.8, 4) is 17.0 Å². The molecule has 0 radical (unpaired) electrons. The van der Waals surface area contributed by atoms with E-state index in [1.807, 2.05) is 37.4 Å². The van der Waals surface area contributed by atoms with Crippen LogP contribution in [0, 0.1) is 32.4 Å². The summed E-state index contributed by atoms with van der Waals surface area (Å²) in [6.07, 6.45) is 1.99. The van der Waals surface area contributed by atoms with Crippen LogP contribution in [-0.4, -0.2) is 9.38 Å². The predicted octanol–water partition coefficient (Wildman–Crippen LogP) is 5.78. The first-order valence-electron chi connectivity index (χ1n) is 9.06. The molecule has 2 heterocycles. The number of fused-ring (bicyclic) bond motifs is 1. The van der Waals surface area contributed by atoms with Crippen molar-refractivity contribution in [2.45, 2.75) is 27.4 Å². The number of aryl methyl sites for hydroxylation is 3. The molecule has 0 aliphatic rings. The molecule has 0 spiro atoms. The molecule has 0 aliphatic heterocycles. The summed E-state index contributed by atoms with van der Waals surface area (Å²) in [6.45, 7) is 5.73. The smallest absolute Gasteiger partial charge is 0.180 e. The minimum Gasteiger partial charge on any atom is -0.485 e. The number of rotatable bonds is 4. The van der Waals surface area contributed by atoms with Gasteiger partial charge in [-0.1, -0.05) is 35.9 Å². The maximum atomic E-state index is 13.9. The van der Waals surface area contributed by atoms with Crippen molar-refractivity contribution in [2.24, 2.45) is 0 Å². The average molecular weight is 378 g/mol. The molecule has 0 bridgehead atoms. The third-order valence-corrected chi connectivity index (χ3v) is 4.76. The molecule has 0 N–H and O–H groups in total. The molecule has 28 heavy (non-hydrogen) atoms. The monoisotopic (exact) mass is 378 g/mol. The summed E-state index contributed by atoms with van der Waals surface area (Å²) < 4.78 is 35.6. The van der Waals surface area contributed by atoms with Gasteiger partial charge in [0.1, 0.15) is 18.2 Å². The third kappa shape index (κ3) is 3.24. The van der Waals surface area contributed by atoms with E-state index in [1.165, 1.54) is 23.8 Å². The molecule has 2 aromatic carbocycles. The van der Waals surface area contributed by atoms with E-state index in [0.717, 1.165) is 22.5 Å². The largest absolute Gasteiger partial charge is 0.485 e. The molecule has 4 aromatic rings. The zero-order chi connectivity index (χ0) is 19.8. The lowest BCUT2D eigenvalue weighted by Crippen LogP contribution is -2.03. The summed E-state index contributed by atoms with van der Waals surface area (Å²) in [5.74, 6) is -0.754. The van der Waals surface area contributed by atoms with Crippen molar-refractivity contribution in [2.75, 3.05) is 0 Å². The highest BCUT2D eigenvalue weighted by atomic mass is 19.1. The summed E-state index contributed by atoms with van der Waals surface area (Å²) in [7, 11) is 0. The summed E-state index contributed by atoms with van der Waals surface area (Å²) in [4.78, 5) is 4.66. The van der Waals surface area contributed by atoms with Crippen LogP contribution in [0.5, 0.6) is 5.75 Å². The Morgan fingerprint density at radius 1 is 0.929 bits per heavy atom. The molecule has 0 saturated heterocycles. The van der Waals surface area contributed by atoms with E-state index in [4.69, 9.17) is 4.74 Å². The third-order valence-electron chi connectivity index (χ3n) is 4.76. The van der Waals surface area contributed by atoms with Crippen molar-refractivity contribution in [1.82, 2.24) is 9.38 Å². The molecule has 0 saturated carbocycles. The van der Waals surface area contributed by atoms with Crippen LogP contribution < -0.4 is 4.74 Å². The van der Waals surface area contributed by atoms with E-state index in [9.17, 15) is 8.78 Å². The van der Waals surface area contributed by atoms with Crippen LogP contribution in [0.4, 0.5) is 8.78 Å². The summed E-state index contributed by atoms with van der Waals surface area (Å²) >= 11 is 0. The van der Waals surface area contributed by atoms with E-state index in [1.54, 1.807) is 0 Å². The highest BCUT2D eigenvalue weighted by Crippen LogP contribution is 2.31. The molecule has 0 aliphatic carbocycles. The molecule has 5 heteroatoms. The molecule has 3 nitrogen and oxygen atoms in total. The van der Waals surface area contributed by atoms with Gasteiger partial charge in [-0.3, -0.25) is 4.40 Å². The van der Waals surface area contributed by atoms with Crippen LogP contribution in [0.15, 0.2) is 54.7 Å². The van der Waals surface area contributed by atoms with Crippen molar-refractivity contribution in [3.05, 3.63) is 88.7 Å². The number of benzene rings is 2. The number of imidazole rings is 1. The summed E-state index contributed by atoms with van der Waals surface area (Å²) in [5.41, 5.74) is 5.55. The lowest BCUT2D eigenvalue weighted by atomic mass is 10.1. The van der Waals surface area contributed by atoms with Crippen molar-refractivity contribution >= 4 is 5.65 Å². The van der Waals surface area contributed by atoms with Crippen LogP contribution in [0.2, 0.25) is 0 Å². The van der Waals surface area contributed by atoms with E-state index < -0.39 is 11.6 Å². The van der Waals surface area contributed by atoms with Crippen molar-refractivity contribution < 1.29 is 13.5 Å². The van der Waals surface area contributed by atoms with Gasteiger partial charge < -0.3 is 4.74 Å². The lowest BCUT2D eigenvalue weighted by Gasteiger charge is -2.11. The Kier molecular flexibility index (Phi) is 4.59. The van der Waals surface area contributed by atoms with Crippen LogP contribution in [0.25, 0.3) is 16.9 Å². The Hall–Kier alpha value is -3.21. The molecule has 4 rings (SSSR count). The van der Waals surface area contributed by atoms with E-state index in [-0.39, 0.29) is 12.2 Å². The Morgan fingerprint density at radius 3 is 2.29 bits per heavy atom. The van der Waals surface area contributed by atoms with E-state index in [0.29, 0.717) is 11.4 Å². The van der Waals surface area contributed by atoms with Gasteiger partial charge in [0.2, 0.25) is 0 Å². The van der Waals surface area contributed by atoms with Crippen LogP contribution in [-0.2, 0) is 6.61 Å². The molecule has 0 atom stereocenters. The maximum Gasteiger partial charge on any atom is 0.180 e. The fourth-order valence-corrected chi connectivity index (χ4v) is 3.34. The minimum absolute atomic E-state index is 0.0933. The number of hydrogen-bond acceptors (Lipinski definition) is 2. The Labute approximate surface area is 162 Å². The van der Waals surface area contributed by atoms with E-state index >= 15 is 0 Å². The number of aromatic nitrogens is 2. The highest BCUT2D eigenvalue weighted by Gasteiger charge is 2.16. The first-order chi connectivity index (χ1) is 13.4. The molecular weight excluding hydrogens is 358 g/mol. The zero-order valence-corrected chi connectivity index (χ0v) is 16.0. The second-order valence-corrected chi connectivity index (χ2v) is 6.98. The van der Waals surface area contributed by atoms with Gasteiger partial charge in [-0.05, 0) is 44.5 Å². The SMILES string of the molecule is Cc1ccc(-c2c(C)nc3c(OCc4c(F)cccc4F)cc(C)cn23)cc1. The molecule has 2 aromatic heterocycles. The van der Waals surface area contributed by atoms with Crippen molar-refractivity contribution in [3.63, 3.8) is 0 Å². The van der Waals surface area contributed by atoms with Gasteiger partial charge in [-0.2, -0.15) is 0 Å². The Bertz CT molecular complexity index is 1140. The normalized spacial score (nSPS) is 11.2. The summed E-state index contributed by atoms with van der Waals surface area (Å²) in [5, 5.41) is 0. The van der Waals surface area contributed by atoms with Gasteiger partial charge in [-0.15, -0.1) is 0 Å². The number of halogens is 2. The number of pyridine rings is 1. The second kappa shape index (κ2) is 7.08. The Morgan fingerprint density at radius 2 is 1.61 bits per heavy atom. The zero-order valence-electron chi connectivity index (χ0n) is 16.0. The maximum absolute atomic E-state index is 13.9. The highest BCUT2D eigenvalue weighted by molar-refractivity contribution is 5.70. The van der Waals surface area contributed by atoms with E-state index in [2.05, 4.69) is 29.2 Å². The quantitative estimate of drug-likeness (QED) is 0.450. The number of hydrogen-bond donors (Lipinski definition) is 0. The molecule has 0 fully saturated rings. The number of ether oxygens (including phenoxy) is 1. The van der Waals surface area contributed by atoms with Gasteiger partial charge in [0, 0.05) is 11.8 Å². The standard InChI is InChI=1S/C23H20F2N2O/c1-14-7-9-17(10-8-14)22-16(3)26-23-21(11-15(2)12-27(22)23)28-13-18-19(24)5-4-6-20(18)25/h4-12H,13H2,1-3H3. The lowest BCUT2D eigenvalue weighted by molar-refractivity contribution is 0.294. The fourth-order valence-electron chi connectivity index (χ4n) is 3.34. The fraction of sp³-hybridized carbons (Fsp3) is 0.174. The van der Waals surface area contributed by atoms with Gasteiger partial charge in [-0.25, -0.2) is 13.8 Å². The predicted molar refractivity (Wildman–Crippen MR) is 106 cm³/mol. The summed E-state index contributed by atoms with van der Waals surface area (Å²) in [6, 6.07) is 13.9. The first kappa shape index (κ1) is 18.2. The Balaban J connectivity index is 1.78. The molecule has 0 amide bonds. The average Bonchev–Trinajstić information content (AvgIpc) is 2.98. The second-order valence-electron chi connectivity index (χ2n) is 6.98. The van der Waals surface area contributed by atoms with Crippen LogP contribution >= 0.6 is 0 Å². The molecule has 142 valence electrons. The minimum atomic E-state index is -0.622. The van der Waals surface area contributed by atoms with Crippen LogP contribution in [0.1, 0.15) is 22.4 Å². The molecular formula is C23H20F2N2O. The van der Waals surface area contributed by atoms with Gasteiger partial charge in [0.15, 0.2) is 11.4 Å². The first-order valence-corrected chi connectivity index (χ1v) is 9.06. The topological polar surface area (TPSA) is 26.5 Å². The van der Waals surface area contributed by atoms with Crippen LogP contribution in [0.3, 0.4) is 0 Å². The van der Waals surface area contributed by atoms with Gasteiger partial charge >= 0.3 is 0 Å². The van der Waals surface area contributed by atoms with Crippen molar-refractivity contribution in [1.29, 1.82) is 0 Å².